The van der Waals surface area contributed by atoms with Gasteiger partial charge in [-0.1, -0.05) is 0 Å². The number of sulfone groups is 1. The number of hydrogen-bond acceptors (Lipinski definition) is 5. The third kappa shape index (κ3) is 4.31. The van der Waals surface area contributed by atoms with Crippen molar-refractivity contribution in [1.29, 1.82) is 0 Å². The van der Waals surface area contributed by atoms with E-state index in [2.05, 4.69) is 0 Å². The van der Waals surface area contributed by atoms with Crippen LogP contribution in [-0.2, 0) is 14.6 Å². The van der Waals surface area contributed by atoms with Crippen molar-refractivity contribution >= 4 is 15.6 Å². The molecule has 0 saturated carbocycles. The van der Waals surface area contributed by atoms with E-state index >= 15 is 0 Å². The van der Waals surface area contributed by atoms with Gasteiger partial charge >= 0.3 is 0 Å². The van der Waals surface area contributed by atoms with Crippen LogP contribution in [0.25, 0.3) is 0 Å². The molecule has 0 aliphatic carbocycles. The maximum atomic E-state index is 12.2. The number of Topliss-reactive ketones (excluding diaryl/α,β-unsaturated/α-hetero) is 1. The van der Waals surface area contributed by atoms with E-state index in [9.17, 15) is 13.2 Å². The highest BCUT2D eigenvalue weighted by molar-refractivity contribution is 7.92. The van der Waals surface area contributed by atoms with Gasteiger partial charge in [0.1, 0.15) is 11.0 Å². The van der Waals surface area contributed by atoms with Crippen LogP contribution in [-0.4, -0.2) is 46.0 Å². The average molecular weight is 300 g/mol. The van der Waals surface area contributed by atoms with Gasteiger partial charge in [-0.25, -0.2) is 8.42 Å². The van der Waals surface area contributed by atoms with E-state index in [-0.39, 0.29) is 5.75 Å². The van der Waals surface area contributed by atoms with Gasteiger partial charge in [-0.05, 0) is 37.6 Å². The van der Waals surface area contributed by atoms with Gasteiger partial charge < -0.3 is 9.47 Å². The molecule has 1 atom stereocenters. The second-order valence-corrected chi connectivity index (χ2v) is 6.89. The molecule has 1 aromatic carbocycles. The zero-order valence-corrected chi connectivity index (χ0v) is 12.8. The SMILES string of the molecule is COCCCS(=O)(=O)C(C)C(=O)c1ccc(OC)cc1. The highest BCUT2D eigenvalue weighted by Crippen LogP contribution is 2.16. The Balaban J connectivity index is 2.79. The Morgan fingerprint density at radius 3 is 2.30 bits per heavy atom. The van der Waals surface area contributed by atoms with Crippen molar-refractivity contribution in [2.24, 2.45) is 0 Å². The lowest BCUT2D eigenvalue weighted by Crippen LogP contribution is -2.30. The summed E-state index contributed by atoms with van der Waals surface area (Å²) in [7, 11) is -0.416. The Hall–Kier alpha value is -1.40. The van der Waals surface area contributed by atoms with E-state index in [1.807, 2.05) is 0 Å². The van der Waals surface area contributed by atoms with Crippen molar-refractivity contribution in [3.05, 3.63) is 29.8 Å². The molecule has 1 aromatic rings. The second-order valence-electron chi connectivity index (χ2n) is 4.45. The standard InChI is InChI=1S/C14H20O5S/c1-11(20(16,17)10-4-9-18-2)14(15)12-5-7-13(19-3)8-6-12/h5-8,11H,4,9-10H2,1-3H3. The molecule has 0 saturated heterocycles. The fourth-order valence-electron chi connectivity index (χ4n) is 1.73. The molecule has 0 bridgehead atoms. The largest absolute Gasteiger partial charge is 0.497 e. The third-order valence-electron chi connectivity index (χ3n) is 3.06. The van der Waals surface area contributed by atoms with Gasteiger partial charge in [0, 0.05) is 19.3 Å². The van der Waals surface area contributed by atoms with Gasteiger partial charge in [-0.2, -0.15) is 0 Å². The van der Waals surface area contributed by atoms with E-state index in [0.29, 0.717) is 24.3 Å². The van der Waals surface area contributed by atoms with Crippen LogP contribution < -0.4 is 4.74 Å². The molecule has 0 spiro atoms. The van der Waals surface area contributed by atoms with Crippen LogP contribution >= 0.6 is 0 Å². The molecule has 0 N–H and O–H groups in total. The second kappa shape index (κ2) is 7.40. The summed E-state index contributed by atoms with van der Waals surface area (Å²) in [4.78, 5) is 12.2. The molecule has 1 rings (SSSR count). The molecule has 6 heteroatoms. The highest BCUT2D eigenvalue weighted by atomic mass is 32.2. The van der Waals surface area contributed by atoms with Crippen LogP contribution in [0.15, 0.2) is 24.3 Å². The van der Waals surface area contributed by atoms with Crippen molar-refractivity contribution < 1.29 is 22.7 Å². The molecule has 5 nitrogen and oxygen atoms in total. The summed E-state index contributed by atoms with van der Waals surface area (Å²) in [5.74, 6) is 0.173. The van der Waals surface area contributed by atoms with E-state index in [1.165, 1.54) is 21.1 Å². The summed E-state index contributed by atoms with van der Waals surface area (Å²) in [6.45, 7) is 1.79. The molecule has 0 heterocycles. The first-order valence-corrected chi connectivity index (χ1v) is 8.02. The molecule has 1 unspecified atom stereocenters. The fraction of sp³-hybridized carbons (Fsp3) is 0.500. The van der Waals surface area contributed by atoms with E-state index in [1.54, 1.807) is 24.3 Å². The summed E-state index contributed by atoms with van der Waals surface area (Å²) in [6.07, 6.45) is 0.388. The fourth-order valence-corrected chi connectivity index (χ4v) is 3.07. The molecule has 0 fully saturated rings. The van der Waals surface area contributed by atoms with Gasteiger partial charge in [-0.15, -0.1) is 0 Å². The highest BCUT2D eigenvalue weighted by Gasteiger charge is 2.28. The Bertz CT molecular complexity index is 533. The predicted octanol–water partition coefficient (Wildman–Crippen LogP) is 1.72. The normalized spacial score (nSPS) is 12.9. The number of rotatable bonds is 8. The maximum Gasteiger partial charge on any atom is 0.180 e. The lowest BCUT2D eigenvalue weighted by molar-refractivity contribution is 0.0991. The quantitative estimate of drug-likeness (QED) is 0.540. The monoisotopic (exact) mass is 300 g/mol. The van der Waals surface area contributed by atoms with Gasteiger partial charge in [0.2, 0.25) is 0 Å². The first-order valence-electron chi connectivity index (χ1n) is 6.31. The molecule has 20 heavy (non-hydrogen) atoms. The Morgan fingerprint density at radius 1 is 1.20 bits per heavy atom. The zero-order chi connectivity index (χ0) is 15.2. The van der Waals surface area contributed by atoms with Gasteiger partial charge in [-0.3, -0.25) is 4.79 Å². The molecule has 112 valence electrons. The minimum atomic E-state index is -3.46. The Kier molecular flexibility index (Phi) is 6.16. The predicted molar refractivity (Wildman–Crippen MR) is 77.1 cm³/mol. The minimum Gasteiger partial charge on any atom is -0.497 e. The smallest absolute Gasteiger partial charge is 0.180 e. The summed E-state index contributed by atoms with van der Waals surface area (Å²) < 4.78 is 33.9. The zero-order valence-electron chi connectivity index (χ0n) is 12.0. The first-order chi connectivity index (χ1) is 9.42. The summed E-state index contributed by atoms with van der Waals surface area (Å²) in [5, 5.41) is -1.05. The Labute approximate surface area is 119 Å². The number of methoxy groups -OCH3 is 2. The van der Waals surface area contributed by atoms with Crippen molar-refractivity contribution in [3.63, 3.8) is 0 Å². The first kappa shape index (κ1) is 16.7. The van der Waals surface area contributed by atoms with Crippen molar-refractivity contribution in [1.82, 2.24) is 0 Å². The van der Waals surface area contributed by atoms with Crippen molar-refractivity contribution in [2.75, 3.05) is 26.6 Å². The molecule has 0 amide bonds. The summed E-state index contributed by atoms with van der Waals surface area (Å²) in [6, 6.07) is 6.42. The number of hydrogen-bond donors (Lipinski definition) is 0. The summed E-state index contributed by atoms with van der Waals surface area (Å²) >= 11 is 0. The lowest BCUT2D eigenvalue weighted by atomic mass is 10.1. The van der Waals surface area contributed by atoms with Crippen LogP contribution in [0.2, 0.25) is 0 Å². The molecule has 0 aliphatic heterocycles. The maximum absolute atomic E-state index is 12.2. The number of ketones is 1. The van der Waals surface area contributed by atoms with Gasteiger partial charge in [0.15, 0.2) is 15.6 Å². The van der Waals surface area contributed by atoms with Gasteiger partial charge in [0.25, 0.3) is 0 Å². The average Bonchev–Trinajstić information content (AvgIpc) is 2.46. The van der Waals surface area contributed by atoms with Crippen molar-refractivity contribution in [3.8, 4) is 5.75 Å². The van der Waals surface area contributed by atoms with Crippen molar-refractivity contribution in [2.45, 2.75) is 18.6 Å². The third-order valence-corrected chi connectivity index (χ3v) is 5.21. The topological polar surface area (TPSA) is 69.7 Å². The molecule has 0 radical (unpaired) electrons. The minimum absolute atomic E-state index is 0.0517. The molecule has 0 aromatic heterocycles. The van der Waals surface area contributed by atoms with Crippen LogP contribution in [0, 0.1) is 0 Å². The molecular weight excluding hydrogens is 280 g/mol. The van der Waals surface area contributed by atoms with E-state index in [4.69, 9.17) is 9.47 Å². The van der Waals surface area contributed by atoms with Crippen LogP contribution in [0.4, 0.5) is 0 Å². The molecular formula is C14H20O5S. The van der Waals surface area contributed by atoms with Crippen LogP contribution in [0.1, 0.15) is 23.7 Å². The van der Waals surface area contributed by atoms with E-state index < -0.39 is 20.9 Å². The number of carbonyl (C=O) groups excluding carboxylic acids is 1. The van der Waals surface area contributed by atoms with Crippen LogP contribution in [0.5, 0.6) is 5.75 Å². The number of carbonyl (C=O) groups is 1. The Morgan fingerprint density at radius 2 is 1.80 bits per heavy atom. The van der Waals surface area contributed by atoms with Gasteiger partial charge in [0.05, 0.1) is 12.9 Å². The lowest BCUT2D eigenvalue weighted by Gasteiger charge is -2.12. The summed E-state index contributed by atoms with van der Waals surface area (Å²) in [5.41, 5.74) is 0.369. The number of benzene rings is 1. The number of ether oxygens (including phenoxy) is 2. The van der Waals surface area contributed by atoms with E-state index in [0.717, 1.165) is 0 Å². The van der Waals surface area contributed by atoms with Crippen LogP contribution in [0.3, 0.4) is 0 Å². The molecule has 0 aliphatic rings.